The van der Waals surface area contributed by atoms with Gasteiger partial charge in [0.25, 0.3) is 0 Å². The Morgan fingerprint density at radius 3 is 2.48 bits per heavy atom. The summed E-state index contributed by atoms with van der Waals surface area (Å²) in [6.07, 6.45) is 7.65. The number of benzene rings is 1. The van der Waals surface area contributed by atoms with Gasteiger partial charge in [-0.15, -0.1) is 24.0 Å². The molecule has 1 unspecified atom stereocenters. The molecule has 0 aromatic heterocycles. The van der Waals surface area contributed by atoms with Crippen LogP contribution in [0, 0.1) is 5.92 Å². The lowest BCUT2D eigenvalue weighted by Crippen LogP contribution is -2.40. The van der Waals surface area contributed by atoms with Crippen molar-refractivity contribution in [3.63, 3.8) is 0 Å². The van der Waals surface area contributed by atoms with Crippen molar-refractivity contribution in [1.29, 1.82) is 0 Å². The second-order valence-corrected chi connectivity index (χ2v) is 6.63. The van der Waals surface area contributed by atoms with Gasteiger partial charge in [0.05, 0.1) is 13.7 Å². The molecule has 5 nitrogen and oxygen atoms in total. The van der Waals surface area contributed by atoms with E-state index in [1.54, 1.807) is 7.11 Å². The number of nitrogens with one attached hydrogen (secondary N) is 1. The van der Waals surface area contributed by atoms with Crippen molar-refractivity contribution >= 4 is 29.9 Å². The number of rotatable bonds is 7. The Morgan fingerprint density at radius 1 is 1.20 bits per heavy atom. The zero-order chi connectivity index (χ0) is 17.2. The minimum absolute atomic E-state index is 0. The van der Waals surface area contributed by atoms with E-state index in [0.717, 1.165) is 11.5 Å². The lowest BCUT2D eigenvalue weighted by atomic mass is 10.1. The molecule has 1 aliphatic carbocycles. The number of ether oxygens (including phenoxy) is 2. The molecule has 3 N–H and O–H groups in total. The highest BCUT2D eigenvalue weighted by Gasteiger charge is 2.12. The Balaban J connectivity index is 0.00000312. The maximum absolute atomic E-state index is 6.03. The molecule has 142 valence electrons. The first kappa shape index (κ1) is 21.9. The van der Waals surface area contributed by atoms with Crippen LogP contribution in [0.15, 0.2) is 29.3 Å². The van der Waals surface area contributed by atoms with E-state index in [0.29, 0.717) is 25.2 Å². The zero-order valence-electron chi connectivity index (χ0n) is 15.4. The third-order valence-corrected chi connectivity index (χ3v) is 4.37. The monoisotopic (exact) mass is 461 g/mol. The third kappa shape index (κ3) is 8.16. The smallest absolute Gasteiger partial charge is 0.188 e. The van der Waals surface area contributed by atoms with Crippen molar-refractivity contribution in [1.82, 2.24) is 5.32 Å². The van der Waals surface area contributed by atoms with Crippen molar-refractivity contribution < 1.29 is 9.47 Å². The summed E-state index contributed by atoms with van der Waals surface area (Å²) in [7, 11) is 1.65. The topological polar surface area (TPSA) is 68.9 Å². The van der Waals surface area contributed by atoms with Gasteiger partial charge in [0.2, 0.25) is 0 Å². The van der Waals surface area contributed by atoms with Crippen LogP contribution >= 0.6 is 24.0 Å². The predicted octanol–water partition coefficient (Wildman–Crippen LogP) is 3.96. The molecule has 1 aromatic rings. The molecule has 0 radical (unpaired) electrons. The summed E-state index contributed by atoms with van der Waals surface area (Å²) in [6, 6.07) is 8.16. The SMILES string of the molecule is COc1ccccc1OCC(C)CN=C(N)NC1CCCCCC1.I. The van der Waals surface area contributed by atoms with E-state index < -0.39 is 0 Å². The van der Waals surface area contributed by atoms with Gasteiger partial charge >= 0.3 is 0 Å². The molecule has 0 spiro atoms. The highest BCUT2D eigenvalue weighted by Crippen LogP contribution is 2.26. The van der Waals surface area contributed by atoms with Crippen LogP contribution in [0.1, 0.15) is 45.4 Å². The van der Waals surface area contributed by atoms with Crippen molar-refractivity contribution in [3.8, 4) is 11.5 Å². The lowest BCUT2D eigenvalue weighted by Gasteiger charge is -2.17. The number of methoxy groups -OCH3 is 1. The molecule has 1 saturated carbocycles. The van der Waals surface area contributed by atoms with Crippen LogP contribution in [0.3, 0.4) is 0 Å². The average molecular weight is 461 g/mol. The number of para-hydroxylation sites is 2. The second kappa shape index (κ2) is 12.2. The normalized spacial score (nSPS) is 17.1. The molecule has 0 saturated heterocycles. The van der Waals surface area contributed by atoms with Crippen LogP contribution < -0.4 is 20.5 Å². The van der Waals surface area contributed by atoms with Gasteiger partial charge in [-0.05, 0) is 25.0 Å². The summed E-state index contributed by atoms with van der Waals surface area (Å²) in [5.74, 6) is 2.36. The van der Waals surface area contributed by atoms with E-state index in [1.165, 1.54) is 38.5 Å². The molecular weight excluding hydrogens is 429 g/mol. The molecular formula is C19H32IN3O2. The lowest BCUT2D eigenvalue weighted by molar-refractivity contribution is 0.251. The summed E-state index contributed by atoms with van der Waals surface area (Å²) >= 11 is 0. The number of halogens is 1. The number of hydrogen-bond acceptors (Lipinski definition) is 3. The van der Waals surface area contributed by atoms with Gasteiger partial charge in [-0.3, -0.25) is 4.99 Å². The van der Waals surface area contributed by atoms with Gasteiger partial charge in [0.15, 0.2) is 17.5 Å². The van der Waals surface area contributed by atoms with E-state index in [9.17, 15) is 0 Å². The zero-order valence-corrected chi connectivity index (χ0v) is 17.7. The van der Waals surface area contributed by atoms with Crippen molar-refractivity contribution in [3.05, 3.63) is 24.3 Å². The summed E-state index contributed by atoms with van der Waals surface area (Å²) in [6.45, 7) is 3.35. The van der Waals surface area contributed by atoms with Crippen molar-refractivity contribution in [2.24, 2.45) is 16.6 Å². The van der Waals surface area contributed by atoms with Gasteiger partial charge in [0, 0.05) is 18.5 Å². The van der Waals surface area contributed by atoms with Crippen LogP contribution in [0.25, 0.3) is 0 Å². The molecule has 1 aliphatic rings. The van der Waals surface area contributed by atoms with Crippen molar-refractivity contribution in [2.75, 3.05) is 20.3 Å². The van der Waals surface area contributed by atoms with Crippen molar-refractivity contribution in [2.45, 2.75) is 51.5 Å². The first-order chi connectivity index (χ1) is 11.7. The standard InChI is InChI=1S/C19H31N3O2.HI/c1-15(14-24-18-12-8-7-11-17(18)23-2)13-21-19(20)22-16-9-5-3-4-6-10-16;/h7-8,11-12,15-16H,3-6,9-10,13-14H2,1-2H3,(H3,20,21,22);1H. The maximum Gasteiger partial charge on any atom is 0.188 e. The fourth-order valence-corrected chi connectivity index (χ4v) is 2.96. The quantitative estimate of drug-likeness (QED) is 0.279. The maximum atomic E-state index is 6.03. The van der Waals surface area contributed by atoms with Gasteiger partial charge in [-0.2, -0.15) is 0 Å². The molecule has 1 aromatic carbocycles. The van der Waals surface area contributed by atoms with Gasteiger partial charge in [0.1, 0.15) is 0 Å². The Hall–Kier alpha value is -1.18. The Labute approximate surface area is 168 Å². The van der Waals surface area contributed by atoms with Crippen LogP contribution in [0.5, 0.6) is 11.5 Å². The molecule has 0 heterocycles. The molecule has 2 rings (SSSR count). The molecule has 25 heavy (non-hydrogen) atoms. The minimum Gasteiger partial charge on any atom is -0.493 e. The van der Waals surface area contributed by atoms with E-state index in [4.69, 9.17) is 15.2 Å². The molecule has 0 amide bonds. The van der Waals surface area contributed by atoms with E-state index >= 15 is 0 Å². The molecule has 1 atom stereocenters. The number of nitrogens with two attached hydrogens (primary N) is 1. The first-order valence-corrected chi connectivity index (χ1v) is 9.01. The molecule has 1 fully saturated rings. The predicted molar refractivity (Wildman–Crippen MR) is 114 cm³/mol. The first-order valence-electron chi connectivity index (χ1n) is 9.01. The Bertz CT molecular complexity index is 517. The average Bonchev–Trinajstić information content (AvgIpc) is 2.87. The summed E-state index contributed by atoms with van der Waals surface area (Å²) in [4.78, 5) is 4.48. The van der Waals surface area contributed by atoms with Crippen LogP contribution in [0.2, 0.25) is 0 Å². The number of aliphatic imine (C=N–C) groups is 1. The summed E-state index contributed by atoms with van der Waals surface area (Å²) in [5.41, 5.74) is 6.03. The molecule has 0 aliphatic heterocycles. The third-order valence-electron chi connectivity index (χ3n) is 4.37. The summed E-state index contributed by atoms with van der Waals surface area (Å²) < 4.78 is 11.1. The fourth-order valence-electron chi connectivity index (χ4n) is 2.96. The van der Waals surface area contributed by atoms with Gasteiger partial charge in [-0.25, -0.2) is 0 Å². The van der Waals surface area contributed by atoms with Crippen LogP contribution in [-0.2, 0) is 0 Å². The molecule has 0 bridgehead atoms. The fraction of sp³-hybridized carbons (Fsp3) is 0.632. The van der Waals surface area contributed by atoms with E-state index in [2.05, 4.69) is 17.2 Å². The summed E-state index contributed by atoms with van der Waals surface area (Å²) in [5, 5.41) is 3.37. The number of guanidine groups is 1. The Kier molecular flexibility index (Phi) is 10.7. The van der Waals surface area contributed by atoms with Crippen LogP contribution in [-0.4, -0.2) is 32.3 Å². The Morgan fingerprint density at radius 2 is 1.84 bits per heavy atom. The van der Waals surface area contributed by atoms with Crippen LogP contribution in [0.4, 0.5) is 0 Å². The van der Waals surface area contributed by atoms with Gasteiger partial charge in [-0.1, -0.05) is 44.7 Å². The van der Waals surface area contributed by atoms with Gasteiger partial charge < -0.3 is 20.5 Å². The number of hydrogen-bond donors (Lipinski definition) is 2. The highest BCUT2D eigenvalue weighted by molar-refractivity contribution is 14.0. The number of nitrogens with zero attached hydrogens (tertiary/aromatic N) is 1. The highest BCUT2D eigenvalue weighted by atomic mass is 127. The second-order valence-electron chi connectivity index (χ2n) is 6.63. The van der Waals surface area contributed by atoms with E-state index in [-0.39, 0.29) is 29.9 Å². The minimum atomic E-state index is 0. The van der Waals surface area contributed by atoms with E-state index in [1.807, 2.05) is 24.3 Å². The molecule has 6 heteroatoms. The largest absolute Gasteiger partial charge is 0.493 e.